The highest BCUT2D eigenvalue weighted by molar-refractivity contribution is 7.47. The van der Waals surface area contributed by atoms with Crippen LogP contribution in [0.3, 0.4) is 0 Å². The van der Waals surface area contributed by atoms with Gasteiger partial charge in [-0.1, -0.05) is 152 Å². The number of unbranched alkanes of at least 4 members (excludes halogenated alkanes) is 17. The average molecular weight is 794 g/mol. The minimum atomic E-state index is -4.42. The van der Waals surface area contributed by atoms with E-state index in [0.717, 1.165) is 89.9 Å². The lowest BCUT2D eigenvalue weighted by molar-refractivity contribution is -0.147. The molecule has 2 unspecified atom stereocenters. The Kier molecular flexibility index (Phi) is 39.6. The van der Waals surface area contributed by atoms with Gasteiger partial charge in [-0.2, -0.15) is 0 Å². The van der Waals surface area contributed by atoms with E-state index in [4.69, 9.17) is 13.8 Å². The van der Waals surface area contributed by atoms with E-state index in [2.05, 4.69) is 79.9 Å². The summed E-state index contributed by atoms with van der Waals surface area (Å²) in [7, 11) is -4.42. The van der Waals surface area contributed by atoms with E-state index >= 15 is 0 Å². The zero-order chi connectivity index (χ0) is 40.3. The fourth-order valence-corrected chi connectivity index (χ4v) is 6.36. The molecule has 0 spiro atoms. The predicted molar refractivity (Wildman–Crippen MR) is 229 cm³/mol. The highest BCUT2D eigenvalue weighted by Gasteiger charge is 2.23. The molecule has 55 heavy (non-hydrogen) atoms. The van der Waals surface area contributed by atoms with Crippen LogP contribution in [0.15, 0.2) is 60.8 Å². The van der Waals surface area contributed by atoms with Crippen molar-refractivity contribution in [3.63, 3.8) is 0 Å². The molecule has 0 rings (SSSR count). The minimum Gasteiger partial charge on any atom is -0.463 e. The lowest BCUT2D eigenvalue weighted by Crippen LogP contribution is -2.27. The van der Waals surface area contributed by atoms with Gasteiger partial charge < -0.3 is 20.1 Å². The molecule has 0 saturated carbocycles. The van der Waals surface area contributed by atoms with Crippen LogP contribution >= 0.6 is 7.82 Å². The Balaban J connectivity index is 3.62. The van der Waals surface area contributed by atoms with Crippen LogP contribution in [-0.2, 0) is 27.9 Å². The first-order chi connectivity index (χ1) is 26.8. The number of hydrogen-bond acceptors (Lipinski definition) is 7. The van der Waals surface area contributed by atoms with Crippen LogP contribution < -0.4 is 5.32 Å². The van der Waals surface area contributed by atoms with E-state index in [1.54, 1.807) is 0 Å². The Morgan fingerprint density at radius 2 is 1.02 bits per heavy atom. The molecule has 1 amide bonds. The average Bonchev–Trinajstić information content (AvgIpc) is 3.17. The Bertz CT molecular complexity index is 1090. The summed E-state index contributed by atoms with van der Waals surface area (Å²) >= 11 is 0. The summed E-state index contributed by atoms with van der Waals surface area (Å²) in [5, 5.41) is 12.7. The molecule has 9 nitrogen and oxygen atoms in total. The highest BCUT2D eigenvalue weighted by Crippen LogP contribution is 2.42. The molecule has 0 aromatic carbocycles. The van der Waals surface area contributed by atoms with Crippen LogP contribution in [0, 0.1) is 0 Å². The molecule has 0 heterocycles. The second-order valence-electron chi connectivity index (χ2n) is 14.3. The van der Waals surface area contributed by atoms with Crippen LogP contribution in [0.5, 0.6) is 0 Å². The van der Waals surface area contributed by atoms with Gasteiger partial charge in [-0.3, -0.25) is 18.6 Å². The van der Waals surface area contributed by atoms with E-state index in [1.165, 1.54) is 64.2 Å². The zero-order valence-corrected chi connectivity index (χ0v) is 35.7. The van der Waals surface area contributed by atoms with E-state index in [-0.39, 0.29) is 32.1 Å². The van der Waals surface area contributed by atoms with Gasteiger partial charge in [0.15, 0.2) is 0 Å². The van der Waals surface area contributed by atoms with Crippen molar-refractivity contribution in [1.82, 2.24) is 5.32 Å². The van der Waals surface area contributed by atoms with E-state index in [0.29, 0.717) is 6.42 Å². The number of nitrogens with one attached hydrogen (secondary N) is 1. The van der Waals surface area contributed by atoms with Gasteiger partial charge in [0.05, 0.1) is 13.2 Å². The van der Waals surface area contributed by atoms with Crippen molar-refractivity contribution in [2.75, 3.05) is 26.4 Å². The quantitative estimate of drug-likeness (QED) is 0.0242. The SMILES string of the molecule is CCC/C=C\C/C=C\CCCCCCCC(=O)OCC(O)COP(=O)(O)OCCNC(=O)CCCCCCCCCC/C=C\C/C=C\C/C=C\CCCCC. The number of phosphoric ester groups is 1. The lowest BCUT2D eigenvalue weighted by Gasteiger charge is -2.15. The van der Waals surface area contributed by atoms with E-state index < -0.39 is 26.5 Å². The topological polar surface area (TPSA) is 131 Å². The van der Waals surface area contributed by atoms with Gasteiger partial charge in [-0.05, 0) is 77.0 Å². The van der Waals surface area contributed by atoms with Crippen molar-refractivity contribution >= 4 is 19.7 Å². The van der Waals surface area contributed by atoms with Crippen LogP contribution in [0.25, 0.3) is 0 Å². The number of aliphatic hydroxyl groups excluding tert-OH is 1. The Morgan fingerprint density at radius 3 is 1.55 bits per heavy atom. The van der Waals surface area contributed by atoms with Crippen molar-refractivity contribution in [2.24, 2.45) is 0 Å². The molecule has 0 aliphatic carbocycles. The number of esters is 1. The molecule has 0 fully saturated rings. The van der Waals surface area contributed by atoms with Crippen molar-refractivity contribution in [3.05, 3.63) is 60.8 Å². The zero-order valence-electron chi connectivity index (χ0n) is 34.9. The molecule has 0 radical (unpaired) electrons. The first-order valence-electron chi connectivity index (χ1n) is 21.8. The lowest BCUT2D eigenvalue weighted by atomic mass is 10.1. The number of allylic oxidation sites excluding steroid dienone is 10. The number of phosphoric acid groups is 1. The van der Waals surface area contributed by atoms with Crippen LogP contribution in [0.1, 0.15) is 181 Å². The number of rotatable bonds is 40. The van der Waals surface area contributed by atoms with Crippen LogP contribution in [-0.4, -0.2) is 54.3 Å². The third kappa shape index (κ3) is 42.7. The van der Waals surface area contributed by atoms with Crippen LogP contribution in [0.4, 0.5) is 0 Å². The third-order valence-electron chi connectivity index (χ3n) is 8.90. The number of carbonyl (C=O) groups is 2. The van der Waals surface area contributed by atoms with Gasteiger partial charge in [0, 0.05) is 19.4 Å². The van der Waals surface area contributed by atoms with Gasteiger partial charge in [-0.25, -0.2) is 4.57 Å². The number of aliphatic hydroxyl groups is 1. The standard InChI is InChI=1S/C45H80NO8P/c1-3-5-7-9-11-13-15-17-18-19-20-21-22-23-24-26-27-29-31-33-35-37-44(48)46-39-40-53-55(50,51)54-42-43(47)41-52-45(49)38-36-34-32-30-28-25-16-14-12-10-8-6-4-2/h8,10-11,13-14,16-18,20-21,43,47H,3-7,9,12,15,19,22-42H2,1-2H3,(H,46,48)(H,50,51)/b10-8-,13-11-,16-14-,18-17-,21-20-. The van der Waals surface area contributed by atoms with Crippen molar-refractivity contribution < 1.29 is 37.9 Å². The van der Waals surface area contributed by atoms with Crippen molar-refractivity contribution in [1.29, 1.82) is 0 Å². The number of carbonyl (C=O) groups excluding carboxylic acids is 2. The number of ether oxygens (including phenoxy) is 1. The molecule has 0 bridgehead atoms. The Hall–Kier alpha value is -2.29. The molecular formula is C45H80NO8P. The molecule has 2 atom stereocenters. The molecule has 318 valence electrons. The smallest absolute Gasteiger partial charge is 0.463 e. The normalized spacial score (nSPS) is 13.9. The second-order valence-corrected chi connectivity index (χ2v) is 15.8. The summed E-state index contributed by atoms with van der Waals surface area (Å²) in [5.41, 5.74) is 0. The largest absolute Gasteiger partial charge is 0.472 e. The summed E-state index contributed by atoms with van der Waals surface area (Å²) in [5.74, 6) is -0.542. The van der Waals surface area contributed by atoms with Gasteiger partial charge in [0.25, 0.3) is 0 Å². The molecule has 0 saturated heterocycles. The van der Waals surface area contributed by atoms with Gasteiger partial charge in [0.1, 0.15) is 12.7 Å². The molecule has 3 N–H and O–H groups in total. The van der Waals surface area contributed by atoms with E-state index in [9.17, 15) is 24.2 Å². The summed E-state index contributed by atoms with van der Waals surface area (Å²) in [6.45, 7) is 3.42. The number of hydrogen-bond donors (Lipinski definition) is 3. The van der Waals surface area contributed by atoms with Crippen molar-refractivity contribution in [2.45, 2.75) is 187 Å². The van der Waals surface area contributed by atoms with Crippen LogP contribution in [0.2, 0.25) is 0 Å². The maximum Gasteiger partial charge on any atom is 0.472 e. The molecule has 0 aliphatic rings. The fourth-order valence-electron chi connectivity index (χ4n) is 5.60. The summed E-state index contributed by atoms with van der Waals surface area (Å²) in [6, 6.07) is 0. The fraction of sp³-hybridized carbons (Fsp3) is 0.733. The van der Waals surface area contributed by atoms with Gasteiger partial charge in [0.2, 0.25) is 5.91 Å². The first-order valence-corrected chi connectivity index (χ1v) is 23.3. The third-order valence-corrected chi connectivity index (χ3v) is 9.89. The second kappa shape index (κ2) is 41.3. The molecule has 0 aromatic rings. The molecule has 0 aliphatic heterocycles. The Labute approximate surface area is 336 Å². The summed E-state index contributed by atoms with van der Waals surface area (Å²) < 4.78 is 26.8. The molecule has 0 aromatic heterocycles. The maximum atomic E-state index is 12.1. The Morgan fingerprint density at radius 1 is 0.564 bits per heavy atom. The summed E-state index contributed by atoms with van der Waals surface area (Å²) in [4.78, 5) is 33.9. The number of amides is 1. The highest BCUT2D eigenvalue weighted by atomic mass is 31.2. The van der Waals surface area contributed by atoms with Gasteiger partial charge in [-0.15, -0.1) is 0 Å². The maximum absolute atomic E-state index is 12.1. The predicted octanol–water partition coefficient (Wildman–Crippen LogP) is 12.1. The van der Waals surface area contributed by atoms with Gasteiger partial charge >= 0.3 is 13.8 Å². The first kappa shape index (κ1) is 52.7. The van der Waals surface area contributed by atoms with E-state index in [1.807, 2.05) is 0 Å². The van der Waals surface area contributed by atoms with Crippen molar-refractivity contribution in [3.8, 4) is 0 Å². The molecular weight excluding hydrogens is 713 g/mol. The monoisotopic (exact) mass is 794 g/mol. The minimum absolute atomic E-state index is 0.0731. The summed E-state index contributed by atoms with van der Waals surface area (Å²) in [6.07, 6.45) is 48.6. The molecule has 10 heteroatoms.